The largest absolute Gasteiger partial charge is 0.462 e. The number of thiophene rings is 1. The van der Waals surface area contributed by atoms with Gasteiger partial charge in [0.25, 0.3) is 0 Å². The Morgan fingerprint density at radius 2 is 2.24 bits per heavy atom. The van der Waals surface area contributed by atoms with Crippen molar-refractivity contribution in [2.75, 3.05) is 17.8 Å². The highest BCUT2D eigenvalue weighted by Gasteiger charge is 2.40. The summed E-state index contributed by atoms with van der Waals surface area (Å²) < 4.78 is 5.21. The molecule has 25 heavy (non-hydrogen) atoms. The number of hydrogen-bond acceptors (Lipinski definition) is 6. The van der Waals surface area contributed by atoms with Crippen LogP contribution in [0.4, 0.5) is 11.4 Å². The zero-order valence-corrected chi connectivity index (χ0v) is 15.9. The second kappa shape index (κ2) is 6.95. The van der Waals surface area contributed by atoms with E-state index in [1.54, 1.807) is 42.4 Å². The Morgan fingerprint density at radius 1 is 1.48 bits per heavy atom. The van der Waals surface area contributed by atoms with Crippen molar-refractivity contribution in [1.29, 1.82) is 0 Å². The summed E-state index contributed by atoms with van der Waals surface area (Å²) >= 11 is 3.27. The van der Waals surface area contributed by atoms with Gasteiger partial charge in [-0.2, -0.15) is 0 Å². The molecule has 1 aliphatic heterocycles. The first-order valence-electron chi connectivity index (χ1n) is 7.80. The number of aliphatic imine (C=N–C) groups is 1. The number of nitrogens with zero attached hydrogens (tertiary/aromatic N) is 2. The van der Waals surface area contributed by atoms with E-state index in [4.69, 9.17) is 11.2 Å². The first kappa shape index (κ1) is 17.6. The predicted molar refractivity (Wildman–Crippen MR) is 106 cm³/mol. The molecule has 0 radical (unpaired) electrons. The smallest absolute Gasteiger partial charge is 0.340 e. The van der Waals surface area contributed by atoms with Gasteiger partial charge in [0, 0.05) is 5.38 Å². The summed E-state index contributed by atoms with van der Waals surface area (Å²) in [5.74, 6) is 2.36. The average molecular weight is 370 g/mol. The van der Waals surface area contributed by atoms with Crippen LogP contribution in [0.1, 0.15) is 34.6 Å². The van der Waals surface area contributed by atoms with E-state index in [1.807, 2.05) is 34.7 Å². The van der Waals surface area contributed by atoms with Crippen molar-refractivity contribution < 1.29 is 9.53 Å². The van der Waals surface area contributed by atoms with Gasteiger partial charge in [-0.05, 0) is 32.2 Å². The molecule has 4 nitrogen and oxygen atoms in total. The number of anilines is 1. The van der Waals surface area contributed by atoms with Gasteiger partial charge in [0.15, 0.2) is 0 Å². The molecule has 0 N–H and O–H groups in total. The molecule has 3 rings (SSSR count). The summed E-state index contributed by atoms with van der Waals surface area (Å²) in [7, 11) is 0. The van der Waals surface area contributed by atoms with Crippen molar-refractivity contribution >= 4 is 46.8 Å². The summed E-state index contributed by atoms with van der Waals surface area (Å²) in [5, 5.41) is 1.96. The third kappa shape index (κ3) is 2.84. The Balaban J connectivity index is 2.14. The molecule has 0 amide bonds. The molecule has 1 unspecified atom stereocenters. The molecule has 0 aliphatic carbocycles. The Labute approximate surface area is 155 Å². The molecule has 128 valence electrons. The topological polar surface area (TPSA) is 41.9 Å². The average Bonchev–Trinajstić information content (AvgIpc) is 3.06. The second-order valence-electron chi connectivity index (χ2n) is 5.51. The minimum Gasteiger partial charge on any atom is -0.462 e. The number of terminal acetylenes is 1. The van der Waals surface area contributed by atoms with Gasteiger partial charge in [-0.3, -0.25) is 0 Å². The molecule has 2 aromatic rings. The fraction of sp³-hybridized carbons (Fsp3) is 0.263. The van der Waals surface area contributed by atoms with Gasteiger partial charge in [-0.15, -0.1) is 29.5 Å². The molecule has 0 bridgehead atoms. The Morgan fingerprint density at radius 3 is 2.92 bits per heavy atom. The third-order valence-electron chi connectivity index (χ3n) is 4.16. The van der Waals surface area contributed by atoms with Crippen molar-refractivity contribution in [1.82, 2.24) is 0 Å². The van der Waals surface area contributed by atoms with Crippen molar-refractivity contribution in [3.8, 4) is 12.3 Å². The van der Waals surface area contributed by atoms with Crippen molar-refractivity contribution in [3.63, 3.8) is 0 Å². The van der Waals surface area contributed by atoms with Crippen molar-refractivity contribution in [2.24, 2.45) is 4.99 Å². The van der Waals surface area contributed by atoms with Crippen LogP contribution in [0.25, 0.3) is 0 Å². The fourth-order valence-electron chi connectivity index (χ4n) is 2.79. The molecule has 1 aromatic carbocycles. The van der Waals surface area contributed by atoms with Crippen LogP contribution in [-0.2, 0) is 9.61 Å². The molecule has 0 saturated heterocycles. The maximum absolute atomic E-state index is 12.4. The zero-order chi connectivity index (χ0) is 18.0. The minimum atomic E-state index is -0.417. The maximum Gasteiger partial charge on any atom is 0.340 e. The predicted octanol–water partition coefficient (Wildman–Crippen LogP) is 4.62. The summed E-state index contributed by atoms with van der Waals surface area (Å²) in [6.45, 7) is 4.25. The Bertz CT molecular complexity index is 882. The molecule has 6 heteroatoms. The molecular formula is C19H18N2O2S2. The number of para-hydroxylation sites is 1. The van der Waals surface area contributed by atoms with E-state index < -0.39 is 4.87 Å². The number of carbonyl (C=O) groups is 1. The lowest BCUT2D eigenvalue weighted by Crippen LogP contribution is -2.42. The number of carbonyl (C=O) groups excluding carboxylic acids is 1. The zero-order valence-electron chi connectivity index (χ0n) is 14.3. The fourth-order valence-corrected chi connectivity index (χ4v) is 4.82. The van der Waals surface area contributed by atoms with Crippen molar-refractivity contribution in [2.45, 2.75) is 18.7 Å². The molecular weight excluding hydrogens is 352 g/mol. The van der Waals surface area contributed by atoms with E-state index in [1.165, 1.54) is 0 Å². The monoisotopic (exact) mass is 370 g/mol. The number of rotatable bonds is 4. The summed E-state index contributed by atoms with van der Waals surface area (Å²) in [4.78, 5) is 19.6. The van der Waals surface area contributed by atoms with E-state index in [-0.39, 0.29) is 5.97 Å². The first-order chi connectivity index (χ1) is 12.1. The lowest BCUT2D eigenvalue weighted by molar-refractivity contribution is 0.0527. The highest BCUT2D eigenvalue weighted by molar-refractivity contribution is 7.99. The minimum absolute atomic E-state index is 0.335. The SMILES string of the molecule is C#Cc1csc2c1N=CN(c1ccccc1C(=O)OCC)C2(C)SC. The molecule has 1 aliphatic rings. The van der Waals surface area contributed by atoms with E-state index in [0.29, 0.717) is 12.2 Å². The summed E-state index contributed by atoms with van der Waals surface area (Å²) in [6, 6.07) is 7.43. The van der Waals surface area contributed by atoms with Crippen LogP contribution in [-0.4, -0.2) is 25.2 Å². The number of thioether (sulfide) groups is 1. The van der Waals surface area contributed by atoms with Crippen LogP contribution in [0, 0.1) is 12.3 Å². The van der Waals surface area contributed by atoms with Gasteiger partial charge >= 0.3 is 5.97 Å². The van der Waals surface area contributed by atoms with Gasteiger partial charge in [-0.25, -0.2) is 9.79 Å². The molecule has 1 aromatic heterocycles. The standard InChI is InChI=1S/C19H18N2O2S2/c1-5-13-11-25-17-16(13)20-12-21(19(17,3)24-4)15-10-8-7-9-14(15)18(22)23-6-2/h1,7-12H,6H2,2-4H3. The molecule has 0 spiro atoms. The van der Waals surface area contributed by atoms with Crippen molar-refractivity contribution in [3.05, 3.63) is 45.6 Å². The lowest BCUT2D eigenvalue weighted by atomic mass is 10.1. The Kier molecular flexibility index (Phi) is 4.89. The van der Waals surface area contributed by atoms with Crippen LogP contribution in [0.5, 0.6) is 0 Å². The first-order valence-corrected chi connectivity index (χ1v) is 9.90. The van der Waals surface area contributed by atoms with E-state index in [2.05, 4.69) is 17.8 Å². The summed E-state index contributed by atoms with van der Waals surface area (Å²) in [5.41, 5.74) is 2.93. The lowest BCUT2D eigenvalue weighted by Gasteiger charge is -2.41. The van der Waals surface area contributed by atoms with Gasteiger partial charge in [-0.1, -0.05) is 18.1 Å². The van der Waals surface area contributed by atoms with E-state index in [9.17, 15) is 4.79 Å². The highest BCUT2D eigenvalue weighted by Crippen LogP contribution is 2.50. The molecule has 0 fully saturated rings. The molecule has 0 saturated carbocycles. The number of benzene rings is 1. The van der Waals surface area contributed by atoms with Gasteiger partial charge in [0.2, 0.25) is 0 Å². The van der Waals surface area contributed by atoms with Gasteiger partial charge in [0.1, 0.15) is 4.87 Å². The van der Waals surface area contributed by atoms with Gasteiger partial charge < -0.3 is 9.64 Å². The molecule has 1 atom stereocenters. The summed E-state index contributed by atoms with van der Waals surface area (Å²) in [6.07, 6.45) is 9.39. The maximum atomic E-state index is 12.4. The van der Waals surface area contributed by atoms with Gasteiger partial charge in [0.05, 0.1) is 40.3 Å². The Hall–Kier alpha value is -2.23. The van der Waals surface area contributed by atoms with Crippen LogP contribution < -0.4 is 4.90 Å². The van der Waals surface area contributed by atoms with Crippen LogP contribution in [0.15, 0.2) is 34.6 Å². The number of hydrogen-bond donors (Lipinski definition) is 0. The van der Waals surface area contributed by atoms with E-state index in [0.717, 1.165) is 21.8 Å². The normalized spacial score (nSPS) is 18.6. The third-order valence-corrected chi connectivity index (χ3v) is 6.67. The van der Waals surface area contributed by atoms with Crippen LogP contribution >= 0.6 is 23.1 Å². The molecule has 2 heterocycles. The second-order valence-corrected chi connectivity index (χ2v) is 7.59. The number of ether oxygens (including phenoxy) is 1. The van der Waals surface area contributed by atoms with E-state index >= 15 is 0 Å². The van der Waals surface area contributed by atoms with Crippen LogP contribution in [0.2, 0.25) is 0 Å². The highest BCUT2D eigenvalue weighted by atomic mass is 32.2. The van der Waals surface area contributed by atoms with Crippen LogP contribution in [0.3, 0.4) is 0 Å². The number of fused-ring (bicyclic) bond motifs is 1. The number of esters is 1. The quantitative estimate of drug-likeness (QED) is 0.582.